The summed E-state index contributed by atoms with van der Waals surface area (Å²) in [5.41, 5.74) is 6.08. The van der Waals surface area contributed by atoms with Crippen LogP contribution in [0, 0.1) is 0 Å². The molecule has 6 heteroatoms. The van der Waals surface area contributed by atoms with Gasteiger partial charge in [-0.1, -0.05) is 0 Å². The van der Waals surface area contributed by atoms with E-state index in [1.807, 2.05) is 6.07 Å². The van der Waals surface area contributed by atoms with Crippen molar-refractivity contribution in [2.75, 3.05) is 0 Å². The number of ketones is 1. The van der Waals surface area contributed by atoms with Crippen molar-refractivity contribution in [3.8, 4) is 0 Å². The van der Waals surface area contributed by atoms with Crippen molar-refractivity contribution in [2.24, 2.45) is 5.73 Å². The van der Waals surface area contributed by atoms with Crippen LogP contribution in [0.15, 0.2) is 30.6 Å². The standard InChI is InChI=1S/C12H7N3O2Se/c13-11(17)6-2-1-4-14-9(6)10(16)8-7-3-5-15-12(8)18-7/h1-5H,(H2,13,17). The molecular weight excluding hydrogens is 297 g/mol. The van der Waals surface area contributed by atoms with Crippen molar-refractivity contribution in [2.45, 2.75) is 0 Å². The minimum atomic E-state index is -0.649. The summed E-state index contributed by atoms with van der Waals surface area (Å²) in [7, 11) is 0. The van der Waals surface area contributed by atoms with Crippen LogP contribution >= 0.6 is 0 Å². The van der Waals surface area contributed by atoms with Crippen LogP contribution in [0.25, 0.3) is 0 Å². The molecule has 1 aliphatic rings. The molecule has 1 aliphatic heterocycles. The van der Waals surface area contributed by atoms with Crippen LogP contribution in [0.5, 0.6) is 0 Å². The van der Waals surface area contributed by atoms with Crippen LogP contribution in [0.3, 0.4) is 0 Å². The second-order valence-electron chi connectivity index (χ2n) is 3.68. The van der Waals surface area contributed by atoms with E-state index in [2.05, 4.69) is 9.97 Å². The van der Waals surface area contributed by atoms with E-state index in [1.165, 1.54) is 12.3 Å². The second-order valence-corrected chi connectivity index (χ2v) is 5.85. The van der Waals surface area contributed by atoms with E-state index in [0.29, 0.717) is 5.56 Å². The molecule has 0 radical (unpaired) electrons. The molecule has 88 valence electrons. The summed E-state index contributed by atoms with van der Waals surface area (Å²) in [6.07, 6.45) is 3.16. The minimum absolute atomic E-state index is 0.107. The molecule has 0 fully saturated rings. The molecule has 18 heavy (non-hydrogen) atoms. The van der Waals surface area contributed by atoms with Crippen LogP contribution in [0.4, 0.5) is 0 Å². The van der Waals surface area contributed by atoms with Crippen molar-refractivity contribution in [3.05, 3.63) is 47.4 Å². The Morgan fingerprint density at radius 1 is 1.17 bits per heavy atom. The number of pyridine rings is 2. The van der Waals surface area contributed by atoms with Gasteiger partial charge in [-0.05, 0) is 0 Å². The maximum absolute atomic E-state index is 12.3. The average Bonchev–Trinajstić information content (AvgIpc) is 2.39. The van der Waals surface area contributed by atoms with E-state index < -0.39 is 5.91 Å². The fraction of sp³-hybridized carbons (Fsp3) is 0. The average molecular weight is 304 g/mol. The number of fused-ring (bicyclic) bond motifs is 2. The Labute approximate surface area is 109 Å². The molecule has 1 amide bonds. The molecule has 0 aromatic carbocycles. The summed E-state index contributed by atoms with van der Waals surface area (Å²) in [6.45, 7) is 0. The SMILES string of the molecule is NC(=O)c1cccnc1C(=O)c1c2ccnc1[Se]2. The number of rotatable bonds is 3. The van der Waals surface area contributed by atoms with Gasteiger partial charge in [0.25, 0.3) is 0 Å². The number of hydrogen-bond donors (Lipinski definition) is 1. The number of nitrogens with two attached hydrogens (primary N) is 1. The maximum atomic E-state index is 12.3. The first-order valence-corrected chi connectivity index (χ1v) is 6.86. The van der Waals surface area contributed by atoms with Gasteiger partial charge in [-0.25, -0.2) is 0 Å². The van der Waals surface area contributed by atoms with E-state index in [-0.39, 0.29) is 32.0 Å². The molecule has 0 atom stereocenters. The number of amides is 1. The first kappa shape index (κ1) is 11.1. The van der Waals surface area contributed by atoms with Crippen LogP contribution in [-0.4, -0.2) is 36.6 Å². The van der Waals surface area contributed by atoms with Gasteiger partial charge in [-0.15, -0.1) is 0 Å². The Morgan fingerprint density at radius 3 is 2.61 bits per heavy atom. The third-order valence-corrected chi connectivity index (χ3v) is 4.83. The number of carbonyl (C=O) groups is 2. The number of primary amides is 1. The fourth-order valence-electron chi connectivity index (χ4n) is 1.76. The number of hydrogen-bond acceptors (Lipinski definition) is 4. The van der Waals surface area contributed by atoms with E-state index in [0.717, 1.165) is 9.05 Å². The van der Waals surface area contributed by atoms with Crippen LogP contribution in [0.1, 0.15) is 26.4 Å². The van der Waals surface area contributed by atoms with E-state index in [9.17, 15) is 9.59 Å². The van der Waals surface area contributed by atoms with E-state index in [1.54, 1.807) is 12.3 Å². The Morgan fingerprint density at radius 2 is 2.00 bits per heavy atom. The molecule has 0 spiro atoms. The van der Waals surface area contributed by atoms with Gasteiger partial charge in [0, 0.05) is 0 Å². The molecular formula is C12H7N3O2Se. The summed E-state index contributed by atoms with van der Waals surface area (Å²) >= 11 is 0.154. The van der Waals surface area contributed by atoms with Crippen LogP contribution in [0.2, 0.25) is 0 Å². The van der Waals surface area contributed by atoms with Crippen molar-refractivity contribution < 1.29 is 9.59 Å². The van der Waals surface area contributed by atoms with Crippen LogP contribution < -0.4 is 14.8 Å². The summed E-state index contributed by atoms with van der Waals surface area (Å²) < 4.78 is 1.81. The van der Waals surface area contributed by atoms with Gasteiger partial charge in [-0.3, -0.25) is 0 Å². The Bertz CT molecular complexity index is 665. The van der Waals surface area contributed by atoms with Gasteiger partial charge in [0.15, 0.2) is 0 Å². The molecule has 2 aromatic heterocycles. The van der Waals surface area contributed by atoms with Gasteiger partial charge in [0.05, 0.1) is 0 Å². The summed E-state index contributed by atoms with van der Waals surface area (Å²) in [5.74, 6) is -0.917. The van der Waals surface area contributed by atoms with Crippen LogP contribution in [-0.2, 0) is 0 Å². The predicted octanol–water partition coefficient (Wildman–Crippen LogP) is -1.23. The third kappa shape index (κ3) is 1.54. The van der Waals surface area contributed by atoms with Crippen molar-refractivity contribution in [1.29, 1.82) is 0 Å². The van der Waals surface area contributed by atoms with Crippen molar-refractivity contribution in [3.63, 3.8) is 0 Å². The second kappa shape index (κ2) is 4.01. The zero-order chi connectivity index (χ0) is 12.7. The van der Waals surface area contributed by atoms with Crippen molar-refractivity contribution in [1.82, 2.24) is 9.97 Å². The molecule has 2 bridgehead atoms. The molecule has 0 saturated carbocycles. The summed E-state index contributed by atoms with van der Waals surface area (Å²) in [6, 6.07) is 4.91. The van der Waals surface area contributed by atoms with E-state index >= 15 is 0 Å². The molecule has 0 saturated heterocycles. The quantitative estimate of drug-likeness (QED) is 0.485. The van der Waals surface area contributed by atoms with Gasteiger partial charge in [0.2, 0.25) is 0 Å². The summed E-state index contributed by atoms with van der Waals surface area (Å²) in [5, 5.41) is 0. The van der Waals surface area contributed by atoms with Gasteiger partial charge in [0.1, 0.15) is 0 Å². The van der Waals surface area contributed by atoms with Gasteiger partial charge >= 0.3 is 108 Å². The molecule has 3 heterocycles. The molecule has 2 N–H and O–H groups in total. The summed E-state index contributed by atoms with van der Waals surface area (Å²) in [4.78, 5) is 31.7. The number of carbonyl (C=O) groups excluding carboxylic acids is 2. The molecule has 0 unspecified atom stereocenters. The number of nitrogens with zero attached hydrogens (tertiary/aromatic N) is 2. The monoisotopic (exact) mass is 305 g/mol. The van der Waals surface area contributed by atoms with Gasteiger partial charge < -0.3 is 0 Å². The first-order valence-electron chi connectivity index (χ1n) is 5.15. The first-order chi connectivity index (χ1) is 8.68. The topological polar surface area (TPSA) is 85.9 Å². The zero-order valence-corrected chi connectivity index (χ0v) is 10.8. The molecule has 5 nitrogen and oxygen atoms in total. The molecule has 3 rings (SSSR count). The molecule has 0 aliphatic carbocycles. The van der Waals surface area contributed by atoms with Gasteiger partial charge in [-0.2, -0.15) is 0 Å². The zero-order valence-electron chi connectivity index (χ0n) is 9.08. The molecule has 2 aromatic rings. The van der Waals surface area contributed by atoms with Crippen molar-refractivity contribution >= 4 is 35.7 Å². The number of aromatic nitrogens is 2. The van der Waals surface area contributed by atoms with E-state index in [4.69, 9.17) is 5.73 Å². The predicted molar refractivity (Wildman–Crippen MR) is 65.4 cm³/mol. The Hall–Kier alpha value is -2.04. The third-order valence-electron chi connectivity index (χ3n) is 2.60. The Balaban J connectivity index is 2.10. The normalized spacial score (nSPS) is 11.8. The fourth-order valence-corrected chi connectivity index (χ4v) is 3.63. The Kier molecular flexibility index (Phi) is 2.47.